The second-order valence-corrected chi connectivity index (χ2v) is 5.34. The molecule has 5 heteroatoms. The Morgan fingerprint density at radius 3 is 2.48 bits per heavy atom. The second-order valence-electron chi connectivity index (χ2n) is 5.34. The number of aromatic nitrogens is 3. The molecule has 1 aromatic heterocycles. The van der Waals surface area contributed by atoms with Crippen LogP contribution < -0.4 is 5.73 Å². The van der Waals surface area contributed by atoms with Gasteiger partial charge in [-0.05, 0) is 32.6 Å². The third kappa shape index (κ3) is 2.74. The Morgan fingerprint density at radius 2 is 1.81 bits per heavy atom. The zero-order valence-corrected chi connectivity index (χ0v) is 12.2. The topological polar surface area (TPSA) is 73.9 Å². The minimum atomic E-state index is -0.394. The van der Waals surface area contributed by atoms with Crippen LogP contribution in [0, 0.1) is 0 Å². The van der Waals surface area contributed by atoms with E-state index in [9.17, 15) is 0 Å². The molecule has 3 rings (SSSR count). The highest BCUT2D eigenvalue weighted by molar-refractivity contribution is 5.55. The largest absolute Gasteiger partial charge is 0.368 e. The maximum absolute atomic E-state index is 6.01. The van der Waals surface area contributed by atoms with Crippen LogP contribution in [-0.2, 0) is 10.3 Å². The predicted octanol–water partition coefficient (Wildman–Crippen LogP) is 2.93. The number of nitrogen functional groups attached to an aromatic ring is 1. The van der Waals surface area contributed by atoms with Gasteiger partial charge in [0.15, 0.2) is 11.6 Å². The normalized spacial score (nSPS) is 17.0. The van der Waals surface area contributed by atoms with Crippen molar-refractivity contribution in [2.45, 2.75) is 38.2 Å². The molecule has 110 valence electrons. The fourth-order valence-corrected chi connectivity index (χ4v) is 2.97. The molecule has 2 N–H and O–H groups in total. The summed E-state index contributed by atoms with van der Waals surface area (Å²) in [5.74, 6) is 1.54. The van der Waals surface area contributed by atoms with Crippen molar-refractivity contribution in [2.24, 2.45) is 0 Å². The molecule has 0 radical (unpaired) electrons. The Kier molecular flexibility index (Phi) is 3.84. The van der Waals surface area contributed by atoms with Crippen LogP contribution >= 0.6 is 0 Å². The lowest BCUT2D eigenvalue weighted by molar-refractivity contribution is -0.0456. The lowest BCUT2D eigenvalue weighted by Gasteiger charge is -2.27. The Hall–Kier alpha value is -2.01. The van der Waals surface area contributed by atoms with Crippen LogP contribution in [-0.4, -0.2) is 21.6 Å². The molecule has 1 fully saturated rings. The lowest BCUT2D eigenvalue weighted by Crippen LogP contribution is -2.29. The predicted molar refractivity (Wildman–Crippen MR) is 81.4 cm³/mol. The molecular formula is C16H20N4O. The number of nitrogens with two attached hydrogens (primary N) is 1. The number of hydrogen-bond donors (Lipinski definition) is 1. The van der Waals surface area contributed by atoms with Gasteiger partial charge in [0.25, 0.3) is 0 Å². The summed E-state index contributed by atoms with van der Waals surface area (Å²) in [7, 11) is 0. The van der Waals surface area contributed by atoms with Gasteiger partial charge in [0.05, 0.1) is 0 Å². The van der Waals surface area contributed by atoms with Crippen molar-refractivity contribution < 1.29 is 4.74 Å². The Morgan fingerprint density at radius 1 is 1.10 bits per heavy atom. The van der Waals surface area contributed by atoms with Gasteiger partial charge in [0, 0.05) is 12.2 Å². The van der Waals surface area contributed by atoms with E-state index in [1.807, 2.05) is 37.3 Å². The molecule has 0 saturated heterocycles. The van der Waals surface area contributed by atoms with Gasteiger partial charge in [-0.2, -0.15) is 9.97 Å². The third-order valence-electron chi connectivity index (χ3n) is 3.92. The molecule has 0 atom stereocenters. The summed E-state index contributed by atoms with van der Waals surface area (Å²) in [6.07, 6.45) is 4.15. The molecule has 0 spiro atoms. The second kappa shape index (κ2) is 5.77. The number of rotatable bonds is 4. The minimum Gasteiger partial charge on any atom is -0.368 e. The van der Waals surface area contributed by atoms with Gasteiger partial charge in [-0.1, -0.05) is 30.3 Å². The maximum Gasteiger partial charge on any atom is 0.223 e. The fourth-order valence-electron chi connectivity index (χ4n) is 2.97. The van der Waals surface area contributed by atoms with Crippen molar-refractivity contribution in [1.29, 1.82) is 0 Å². The molecule has 1 aliphatic rings. The molecule has 1 saturated carbocycles. The monoisotopic (exact) mass is 284 g/mol. The minimum absolute atomic E-state index is 0.254. The summed E-state index contributed by atoms with van der Waals surface area (Å²) < 4.78 is 6.01. The number of hydrogen-bond acceptors (Lipinski definition) is 5. The molecule has 21 heavy (non-hydrogen) atoms. The van der Waals surface area contributed by atoms with Crippen molar-refractivity contribution in [2.75, 3.05) is 12.3 Å². The van der Waals surface area contributed by atoms with E-state index in [0.29, 0.717) is 18.3 Å². The van der Waals surface area contributed by atoms with Crippen molar-refractivity contribution in [3.63, 3.8) is 0 Å². The van der Waals surface area contributed by atoms with Crippen LogP contribution in [0.4, 0.5) is 5.95 Å². The van der Waals surface area contributed by atoms with Crippen LogP contribution in [0.2, 0.25) is 0 Å². The van der Waals surface area contributed by atoms with Crippen molar-refractivity contribution in [1.82, 2.24) is 15.0 Å². The van der Waals surface area contributed by atoms with Gasteiger partial charge in [-0.15, -0.1) is 0 Å². The number of nitrogens with zero attached hydrogens (tertiary/aromatic N) is 3. The zero-order chi connectivity index (χ0) is 14.7. The Bertz CT molecular complexity index is 609. The number of ether oxygens (including phenoxy) is 1. The van der Waals surface area contributed by atoms with Crippen LogP contribution in [0.15, 0.2) is 30.3 Å². The maximum atomic E-state index is 6.01. The first-order valence-electron chi connectivity index (χ1n) is 7.45. The van der Waals surface area contributed by atoms with Crippen molar-refractivity contribution in [3.05, 3.63) is 36.2 Å². The summed E-state index contributed by atoms with van der Waals surface area (Å²) in [4.78, 5) is 13.3. The molecule has 2 aromatic rings. The van der Waals surface area contributed by atoms with E-state index in [4.69, 9.17) is 10.5 Å². The van der Waals surface area contributed by atoms with Gasteiger partial charge in [-0.3, -0.25) is 0 Å². The molecule has 0 bridgehead atoms. The van der Waals surface area contributed by atoms with Gasteiger partial charge in [0.1, 0.15) is 5.60 Å². The Balaban J connectivity index is 2.05. The average Bonchev–Trinajstić information content (AvgIpc) is 2.98. The molecule has 1 aromatic carbocycles. The fraction of sp³-hybridized carbons (Fsp3) is 0.438. The van der Waals surface area contributed by atoms with Gasteiger partial charge in [-0.25, -0.2) is 4.98 Å². The van der Waals surface area contributed by atoms with Crippen molar-refractivity contribution in [3.8, 4) is 11.4 Å². The molecule has 0 aliphatic heterocycles. The summed E-state index contributed by atoms with van der Waals surface area (Å²) in [6.45, 7) is 2.65. The molecule has 1 aliphatic carbocycles. The van der Waals surface area contributed by atoms with Crippen LogP contribution in [0.1, 0.15) is 38.4 Å². The first-order valence-corrected chi connectivity index (χ1v) is 7.45. The van der Waals surface area contributed by atoms with E-state index in [2.05, 4.69) is 15.0 Å². The number of benzene rings is 1. The van der Waals surface area contributed by atoms with Gasteiger partial charge in [0.2, 0.25) is 5.95 Å². The summed E-state index contributed by atoms with van der Waals surface area (Å²) in [5.41, 5.74) is 6.45. The summed E-state index contributed by atoms with van der Waals surface area (Å²) in [6, 6.07) is 9.83. The summed E-state index contributed by atoms with van der Waals surface area (Å²) >= 11 is 0. The van der Waals surface area contributed by atoms with Gasteiger partial charge >= 0.3 is 0 Å². The zero-order valence-electron chi connectivity index (χ0n) is 12.2. The van der Waals surface area contributed by atoms with E-state index < -0.39 is 5.60 Å². The van der Waals surface area contributed by atoms with Crippen molar-refractivity contribution >= 4 is 5.95 Å². The first-order chi connectivity index (χ1) is 10.2. The molecular weight excluding hydrogens is 264 g/mol. The van der Waals surface area contributed by atoms with E-state index in [1.165, 1.54) is 0 Å². The molecule has 0 unspecified atom stereocenters. The van der Waals surface area contributed by atoms with Crippen LogP contribution in [0.25, 0.3) is 11.4 Å². The van der Waals surface area contributed by atoms with Gasteiger partial charge < -0.3 is 10.5 Å². The first kappa shape index (κ1) is 13.9. The van der Waals surface area contributed by atoms with E-state index in [-0.39, 0.29) is 5.95 Å². The SMILES string of the molecule is CCOC1(c2nc(N)nc(-c3ccccc3)n2)CCCC1. The highest BCUT2D eigenvalue weighted by atomic mass is 16.5. The lowest BCUT2D eigenvalue weighted by atomic mass is 10.0. The highest BCUT2D eigenvalue weighted by Gasteiger charge is 2.39. The Labute approximate surface area is 124 Å². The molecule has 0 amide bonds. The van der Waals surface area contributed by atoms with E-state index in [1.54, 1.807) is 0 Å². The third-order valence-corrected chi connectivity index (χ3v) is 3.92. The van der Waals surface area contributed by atoms with E-state index >= 15 is 0 Å². The van der Waals surface area contributed by atoms with Crippen LogP contribution in [0.3, 0.4) is 0 Å². The molecule has 5 nitrogen and oxygen atoms in total. The standard InChI is InChI=1S/C16H20N4O/c1-2-21-16(10-6-7-11-16)14-18-13(19-15(17)20-14)12-8-4-3-5-9-12/h3-5,8-9H,2,6-7,10-11H2,1H3,(H2,17,18,19,20). The highest BCUT2D eigenvalue weighted by Crippen LogP contribution is 2.41. The number of anilines is 1. The smallest absolute Gasteiger partial charge is 0.223 e. The van der Waals surface area contributed by atoms with Crippen LogP contribution in [0.5, 0.6) is 0 Å². The summed E-state index contributed by atoms with van der Waals surface area (Å²) in [5, 5.41) is 0. The average molecular weight is 284 g/mol. The molecule has 1 heterocycles. The van der Waals surface area contributed by atoms with E-state index in [0.717, 1.165) is 31.2 Å². The quantitative estimate of drug-likeness (QED) is 0.934.